The first-order valence-corrected chi connectivity index (χ1v) is 8.80. The molecule has 5 heteroatoms. The Morgan fingerprint density at radius 1 is 1.04 bits per heavy atom. The second kappa shape index (κ2) is 5.51. The number of Topliss-reactive ketones (excluding diaryl/α,β-unsaturated/α-hetero) is 1. The first-order valence-electron chi connectivity index (χ1n) is 8.80. The van der Waals surface area contributed by atoms with Crippen LogP contribution >= 0.6 is 0 Å². The lowest BCUT2D eigenvalue weighted by Crippen LogP contribution is -2.20. The van der Waals surface area contributed by atoms with Gasteiger partial charge in [0.1, 0.15) is 5.75 Å². The van der Waals surface area contributed by atoms with E-state index in [9.17, 15) is 9.59 Å². The van der Waals surface area contributed by atoms with Crippen molar-refractivity contribution in [2.24, 2.45) is 0 Å². The van der Waals surface area contributed by atoms with Crippen LogP contribution in [-0.2, 0) is 4.79 Å². The van der Waals surface area contributed by atoms with Crippen LogP contribution in [0.2, 0.25) is 0 Å². The molecule has 0 amide bonds. The maximum atomic E-state index is 13.2. The molecule has 1 atom stereocenters. The molecule has 0 bridgehead atoms. The fraction of sp³-hybridized carbons (Fsp3) is 0.136. The van der Waals surface area contributed by atoms with Gasteiger partial charge in [0.25, 0.3) is 5.56 Å². The van der Waals surface area contributed by atoms with Crippen LogP contribution in [-0.4, -0.2) is 21.3 Å². The van der Waals surface area contributed by atoms with Gasteiger partial charge in [0, 0.05) is 27.7 Å². The number of benzene rings is 2. The summed E-state index contributed by atoms with van der Waals surface area (Å²) in [5.74, 6) is 0.569. The van der Waals surface area contributed by atoms with Gasteiger partial charge in [-0.3, -0.25) is 19.0 Å². The number of fused-ring (bicyclic) bond motifs is 5. The van der Waals surface area contributed by atoms with Crippen LogP contribution in [0.1, 0.15) is 13.8 Å². The van der Waals surface area contributed by atoms with Gasteiger partial charge >= 0.3 is 0 Å². The first-order chi connectivity index (χ1) is 13.1. The third-order valence-corrected chi connectivity index (χ3v) is 5.15. The molecule has 5 aromatic rings. The van der Waals surface area contributed by atoms with E-state index >= 15 is 0 Å². The third-order valence-electron chi connectivity index (χ3n) is 5.15. The zero-order chi connectivity index (χ0) is 18.7. The van der Waals surface area contributed by atoms with Gasteiger partial charge in [0.05, 0.1) is 16.6 Å². The summed E-state index contributed by atoms with van der Waals surface area (Å²) in [4.78, 5) is 29.2. The van der Waals surface area contributed by atoms with E-state index in [2.05, 4.69) is 4.98 Å². The Balaban J connectivity index is 1.92. The van der Waals surface area contributed by atoms with Crippen molar-refractivity contribution in [3.05, 3.63) is 65.1 Å². The predicted octanol–water partition coefficient (Wildman–Crippen LogP) is 3.95. The minimum Gasteiger partial charge on any atom is -0.483 e. The molecule has 3 heterocycles. The molecular weight excluding hydrogens is 340 g/mol. The van der Waals surface area contributed by atoms with E-state index in [0.29, 0.717) is 11.1 Å². The number of carbonyl (C=O) groups excluding carboxylic acids is 1. The maximum absolute atomic E-state index is 13.2. The minimum absolute atomic E-state index is 0.0347. The SMILES string of the molecule is CC(=O)[C@H](C)Oc1ccc2c(c1)c1ccnc3c4ccccc4c(=O)n2c13. The molecule has 5 nitrogen and oxygen atoms in total. The van der Waals surface area contributed by atoms with Crippen LogP contribution in [0.3, 0.4) is 0 Å². The molecule has 132 valence electrons. The van der Waals surface area contributed by atoms with Crippen LogP contribution in [0, 0.1) is 0 Å². The molecule has 0 saturated carbocycles. The summed E-state index contributed by atoms with van der Waals surface area (Å²) >= 11 is 0. The van der Waals surface area contributed by atoms with Crippen molar-refractivity contribution in [1.82, 2.24) is 9.38 Å². The van der Waals surface area contributed by atoms with Crippen molar-refractivity contribution in [3.63, 3.8) is 0 Å². The smallest absolute Gasteiger partial charge is 0.263 e. The number of ketones is 1. The van der Waals surface area contributed by atoms with Gasteiger partial charge in [0.15, 0.2) is 11.9 Å². The van der Waals surface area contributed by atoms with E-state index in [0.717, 1.165) is 32.7 Å². The summed E-state index contributed by atoms with van der Waals surface area (Å²) in [5.41, 5.74) is 2.37. The quantitative estimate of drug-likeness (QED) is 0.459. The van der Waals surface area contributed by atoms with E-state index in [4.69, 9.17) is 4.74 Å². The van der Waals surface area contributed by atoms with Crippen LogP contribution in [0.25, 0.3) is 38.1 Å². The molecule has 5 rings (SSSR count). The Morgan fingerprint density at radius 2 is 1.81 bits per heavy atom. The Labute approximate surface area is 154 Å². The van der Waals surface area contributed by atoms with Crippen LogP contribution in [0.15, 0.2) is 59.5 Å². The van der Waals surface area contributed by atoms with E-state index in [-0.39, 0.29) is 11.3 Å². The van der Waals surface area contributed by atoms with Crippen LogP contribution in [0.4, 0.5) is 0 Å². The average Bonchev–Trinajstić information content (AvgIpc) is 3.01. The van der Waals surface area contributed by atoms with Gasteiger partial charge in [-0.2, -0.15) is 0 Å². The number of carbonyl (C=O) groups is 1. The molecule has 0 aliphatic carbocycles. The lowest BCUT2D eigenvalue weighted by molar-refractivity contribution is -0.122. The normalized spacial score (nSPS) is 13.0. The molecule has 27 heavy (non-hydrogen) atoms. The average molecular weight is 356 g/mol. The van der Waals surface area contributed by atoms with Crippen molar-refractivity contribution < 1.29 is 9.53 Å². The maximum Gasteiger partial charge on any atom is 0.263 e. The van der Waals surface area contributed by atoms with Gasteiger partial charge in [-0.25, -0.2) is 0 Å². The summed E-state index contributed by atoms with van der Waals surface area (Å²) in [7, 11) is 0. The second-order valence-electron chi connectivity index (χ2n) is 6.79. The van der Waals surface area contributed by atoms with Crippen LogP contribution in [0.5, 0.6) is 5.75 Å². The highest BCUT2D eigenvalue weighted by atomic mass is 16.5. The lowest BCUT2D eigenvalue weighted by Gasteiger charge is -2.11. The van der Waals surface area contributed by atoms with Crippen molar-refractivity contribution in [2.75, 3.05) is 0 Å². The summed E-state index contributed by atoms with van der Waals surface area (Å²) < 4.78 is 7.48. The molecule has 0 aliphatic heterocycles. The Kier molecular flexibility index (Phi) is 3.22. The summed E-state index contributed by atoms with van der Waals surface area (Å²) in [6.07, 6.45) is 1.24. The highest BCUT2D eigenvalue weighted by Gasteiger charge is 2.18. The van der Waals surface area contributed by atoms with Gasteiger partial charge in [-0.15, -0.1) is 0 Å². The molecule has 0 aliphatic rings. The van der Waals surface area contributed by atoms with Gasteiger partial charge in [-0.1, -0.05) is 18.2 Å². The molecule has 0 spiro atoms. The largest absolute Gasteiger partial charge is 0.483 e. The number of hydrogen-bond acceptors (Lipinski definition) is 4. The van der Waals surface area contributed by atoms with E-state index in [1.807, 2.05) is 42.5 Å². The fourth-order valence-electron chi connectivity index (χ4n) is 3.71. The third kappa shape index (κ3) is 2.15. The zero-order valence-electron chi connectivity index (χ0n) is 14.9. The second-order valence-corrected chi connectivity index (χ2v) is 6.79. The summed E-state index contributed by atoms with van der Waals surface area (Å²) in [6, 6.07) is 15.0. The molecule has 0 saturated heterocycles. The molecule has 0 N–H and O–H groups in total. The fourth-order valence-corrected chi connectivity index (χ4v) is 3.71. The van der Waals surface area contributed by atoms with Gasteiger partial charge in [-0.05, 0) is 44.2 Å². The predicted molar refractivity (Wildman–Crippen MR) is 106 cm³/mol. The number of rotatable bonds is 3. The number of aromatic nitrogens is 2. The first kappa shape index (κ1) is 15.8. The zero-order valence-corrected chi connectivity index (χ0v) is 14.9. The topological polar surface area (TPSA) is 60.7 Å². The Hall–Kier alpha value is -3.47. The Bertz CT molecular complexity index is 1420. The highest BCUT2D eigenvalue weighted by molar-refractivity contribution is 6.18. The lowest BCUT2D eigenvalue weighted by atomic mass is 10.1. The van der Waals surface area contributed by atoms with Crippen molar-refractivity contribution in [3.8, 4) is 5.75 Å². The van der Waals surface area contributed by atoms with Crippen molar-refractivity contribution in [1.29, 1.82) is 0 Å². The number of nitrogens with zero attached hydrogens (tertiary/aromatic N) is 2. The van der Waals surface area contributed by atoms with Gasteiger partial charge < -0.3 is 4.74 Å². The minimum atomic E-state index is -0.519. The monoisotopic (exact) mass is 356 g/mol. The summed E-state index contributed by atoms with van der Waals surface area (Å²) in [6.45, 7) is 3.23. The Morgan fingerprint density at radius 3 is 2.59 bits per heavy atom. The number of pyridine rings is 2. The molecule has 0 unspecified atom stereocenters. The molecule has 0 fully saturated rings. The van der Waals surface area contributed by atoms with E-state index < -0.39 is 6.10 Å². The van der Waals surface area contributed by atoms with Crippen LogP contribution < -0.4 is 10.3 Å². The van der Waals surface area contributed by atoms with Crippen molar-refractivity contribution >= 4 is 43.9 Å². The molecular formula is C22H16N2O3. The standard InChI is InChI=1S/C22H16N2O3/c1-12(25)13(2)27-14-7-8-19-18(11-14)16-9-10-23-20-15-5-3-4-6-17(15)22(26)24(19)21(16)20/h3-11,13H,1-2H3/t13-/m0/s1. The molecule has 3 aromatic heterocycles. The number of hydrogen-bond donors (Lipinski definition) is 0. The van der Waals surface area contributed by atoms with E-state index in [1.165, 1.54) is 6.92 Å². The van der Waals surface area contributed by atoms with E-state index in [1.54, 1.807) is 23.6 Å². The molecule has 0 radical (unpaired) electrons. The summed E-state index contributed by atoms with van der Waals surface area (Å²) in [5, 5.41) is 3.35. The molecule has 2 aromatic carbocycles. The number of ether oxygens (including phenoxy) is 1. The van der Waals surface area contributed by atoms with Gasteiger partial charge in [0.2, 0.25) is 0 Å². The van der Waals surface area contributed by atoms with Crippen molar-refractivity contribution in [2.45, 2.75) is 20.0 Å². The highest BCUT2D eigenvalue weighted by Crippen LogP contribution is 2.34.